The molecule has 0 fully saturated rings. The molecule has 0 atom stereocenters. The monoisotopic (exact) mass is 399 g/mol. The normalized spacial score (nSPS) is 10.8. The third-order valence-electron chi connectivity index (χ3n) is 4.82. The maximum atomic E-state index is 13.3. The zero-order valence-corrected chi connectivity index (χ0v) is 17.0. The third kappa shape index (κ3) is 3.53. The summed E-state index contributed by atoms with van der Waals surface area (Å²) < 4.78 is 2.78. The van der Waals surface area contributed by atoms with Crippen LogP contribution in [0, 0.1) is 6.92 Å². The van der Waals surface area contributed by atoms with E-state index in [0.717, 1.165) is 16.8 Å². The van der Waals surface area contributed by atoms with Crippen molar-refractivity contribution in [2.24, 2.45) is 14.1 Å². The first-order valence-electron chi connectivity index (χ1n) is 9.50. The molecule has 2 aromatic carbocycles. The van der Waals surface area contributed by atoms with Crippen LogP contribution in [-0.4, -0.2) is 25.5 Å². The van der Waals surface area contributed by atoms with Crippen molar-refractivity contribution in [2.45, 2.75) is 6.92 Å². The minimum atomic E-state index is -0.503. The van der Waals surface area contributed by atoms with Crippen molar-refractivity contribution >= 4 is 11.7 Å². The van der Waals surface area contributed by atoms with Gasteiger partial charge in [0.15, 0.2) is 0 Å². The summed E-state index contributed by atoms with van der Waals surface area (Å²) in [5.41, 5.74) is 2.96. The molecule has 2 aromatic heterocycles. The summed E-state index contributed by atoms with van der Waals surface area (Å²) in [6.45, 7) is 1.84. The second kappa shape index (κ2) is 7.79. The van der Waals surface area contributed by atoms with Gasteiger partial charge in [0.05, 0.1) is 11.4 Å². The maximum Gasteiger partial charge on any atom is 0.280 e. The fourth-order valence-electron chi connectivity index (χ4n) is 3.43. The zero-order chi connectivity index (χ0) is 21.3. The molecule has 0 aliphatic rings. The molecule has 0 spiro atoms. The van der Waals surface area contributed by atoms with Crippen molar-refractivity contribution in [1.82, 2.24) is 19.6 Å². The zero-order valence-electron chi connectivity index (χ0n) is 17.0. The van der Waals surface area contributed by atoms with E-state index in [1.807, 2.05) is 67.6 Å². The molecule has 7 nitrogen and oxygen atoms in total. The number of anilines is 1. The van der Waals surface area contributed by atoms with Gasteiger partial charge in [0, 0.05) is 31.3 Å². The van der Waals surface area contributed by atoms with E-state index in [1.54, 1.807) is 24.8 Å². The number of aromatic nitrogens is 4. The Hall–Kier alpha value is -4.00. The van der Waals surface area contributed by atoms with E-state index in [0.29, 0.717) is 17.1 Å². The van der Waals surface area contributed by atoms with E-state index in [-0.39, 0.29) is 5.56 Å². The predicted molar refractivity (Wildman–Crippen MR) is 116 cm³/mol. The average Bonchev–Trinajstić information content (AvgIpc) is 3.07. The highest BCUT2D eigenvalue weighted by Crippen LogP contribution is 2.32. The van der Waals surface area contributed by atoms with Crippen LogP contribution >= 0.6 is 0 Å². The Bertz CT molecular complexity index is 1270. The number of amides is 1. The minimum absolute atomic E-state index is 0.0383. The largest absolute Gasteiger partial charge is 0.307 e. The molecule has 0 aliphatic heterocycles. The summed E-state index contributed by atoms with van der Waals surface area (Å²) in [7, 11) is 3.29. The van der Waals surface area contributed by atoms with Crippen LogP contribution in [0.15, 0.2) is 71.5 Å². The first-order chi connectivity index (χ1) is 14.5. The van der Waals surface area contributed by atoms with Crippen molar-refractivity contribution in [3.8, 4) is 22.4 Å². The van der Waals surface area contributed by atoms with Gasteiger partial charge in [-0.1, -0.05) is 60.7 Å². The molecule has 0 saturated heterocycles. The Morgan fingerprint density at radius 3 is 2.03 bits per heavy atom. The van der Waals surface area contributed by atoms with Gasteiger partial charge in [-0.3, -0.25) is 14.3 Å². The van der Waals surface area contributed by atoms with Crippen LogP contribution in [0.3, 0.4) is 0 Å². The number of nitrogens with zero attached hydrogens (tertiary/aromatic N) is 4. The SMILES string of the molecule is Cc1cc(NC(=O)c2c(-c3ccccc3)c(-c3ccccc3)nn(C)c2=O)n(C)n1. The van der Waals surface area contributed by atoms with E-state index < -0.39 is 11.5 Å². The standard InChI is InChI=1S/C23H21N5O2/c1-15-14-18(27(2)25-15)24-22(29)20-19(16-10-6-4-7-11-16)21(26-28(3)23(20)30)17-12-8-5-9-13-17/h4-14H,1-3H3,(H,24,29). The van der Waals surface area contributed by atoms with Crippen LogP contribution in [0.2, 0.25) is 0 Å². The van der Waals surface area contributed by atoms with Crippen molar-refractivity contribution in [3.63, 3.8) is 0 Å². The van der Waals surface area contributed by atoms with Gasteiger partial charge in [0.1, 0.15) is 11.4 Å². The van der Waals surface area contributed by atoms with Crippen LogP contribution in [-0.2, 0) is 14.1 Å². The summed E-state index contributed by atoms with van der Waals surface area (Å²) in [6.07, 6.45) is 0. The van der Waals surface area contributed by atoms with Crippen LogP contribution in [0.25, 0.3) is 22.4 Å². The molecule has 0 aliphatic carbocycles. The summed E-state index contributed by atoms with van der Waals surface area (Å²) >= 11 is 0. The molecule has 1 amide bonds. The molecule has 30 heavy (non-hydrogen) atoms. The molecule has 7 heteroatoms. The van der Waals surface area contributed by atoms with E-state index in [9.17, 15) is 9.59 Å². The molecule has 150 valence electrons. The Kier molecular flexibility index (Phi) is 5.02. The molecule has 0 bridgehead atoms. The highest BCUT2D eigenvalue weighted by Gasteiger charge is 2.25. The topological polar surface area (TPSA) is 81.8 Å². The van der Waals surface area contributed by atoms with Crippen LogP contribution < -0.4 is 10.9 Å². The van der Waals surface area contributed by atoms with Crippen LogP contribution in [0.1, 0.15) is 16.1 Å². The lowest BCUT2D eigenvalue weighted by atomic mass is 9.95. The van der Waals surface area contributed by atoms with Gasteiger partial charge >= 0.3 is 0 Å². The van der Waals surface area contributed by atoms with Gasteiger partial charge in [-0.2, -0.15) is 10.2 Å². The lowest BCUT2D eigenvalue weighted by Crippen LogP contribution is -2.31. The van der Waals surface area contributed by atoms with E-state index in [1.165, 1.54) is 4.68 Å². The van der Waals surface area contributed by atoms with Gasteiger partial charge in [0.2, 0.25) is 0 Å². The molecule has 4 rings (SSSR count). The molecule has 1 N–H and O–H groups in total. The van der Waals surface area contributed by atoms with Gasteiger partial charge < -0.3 is 5.32 Å². The molecule has 4 aromatic rings. The molecular formula is C23H21N5O2. The fourth-order valence-corrected chi connectivity index (χ4v) is 3.43. The molecule has 0 unspecified atom stereocenters. The number of hydrogen-bond acceptors (Lipinski definition) is 4. The van der Waals surface area contributed by atoms with Crippen LogP contribution in [0.5, 0.6) is 0 Å². The summed E-state index contributed by atoms with van der Waals surface area (Å²) in [6, 6.07) is 20.6. The van der Waals surface area contributed by atoms with Gasteiger partial charge in [-0.25, -0.2) is 4.68 Å². The summed E-state index contributed by atoms with van der Waals surface area (Å²) in [4.78, 5) is 26.4. The fraction of sp³-hybridized carbons (Fsp3) is 0.130. The number of carbonyl (C=O) groups excluding carboxylic acids is 1. The Morgan fingerprint density at radius 1 is 0.867 bits per heavy atom. The second-order valence-corrected chi connectivity index (χ2v) is 7.01. The molecular weight excluding hydrogens is 378 g/mol. The predicted octanol–water partition coefficient (Wildman–Crippen LogP) is 3.41. The minimum Gasteiger partial charge on any atom is -0.307 e. The van der Waals surface area contributed by atoms with Crippen molar-refractivity contribution in [1.29, 1.82) is 0 Å². The van der Waals surface area contributed by atoms with Gasteiger partial charge in [0.25, 0.3) is 11.5 Å². The second-order valence-electron chi connectivity index (χ2n) is 7.01. The Balaban J connectivity index is 1.97. The highest BCUT2D eigenvalue weighted by atomic mass is 16.2. The van der Waals surface area contributed by atoms with Crippen molar-refractivity contribution < 1.29 is 4.79 Å². The highest BCUT2D eigenvalue weighted by molar-refractivity contribution is 6.10. The Labute approximate surface area is 173 Å². The number of rotatable bonds is 4. The first-order valence-corrected chi connectivity index (χ1v) is 9.50. The van der Waals surface area contributed by atoms with E-state index in [4.69, 9.17) is 0 Å². The van der Waals surface area contributed by atoms with Gasteiger partial charge in [-0.15, -0.1) is 0 Å². The maximum absolute atomic E-state index is 13.3. The van der Waals surface area contributed by atoms with Crippen molar-refractivity contribution in [3.05, 3.63) is 88.3 Å². The molecule has 0 saturated carbocycles. The van der Waals surface area contributed by atoms with Gasteiger partial charge in [-0.05, 0) is 12.5 Å². The lowest BCUT2D eigenvalue weighted by Gasteiger charge is -2.16. The number of nitrogens with one attached hydrogen (secondary N) is 1. The third-order valence-corrected chi connectivity index (χ3v) is 4.82. The molecule has 2 heterocycles. The number of carbonyl (C=O) groups is 1. The number of aryl methyl sites for hydroxylation is 3. The first kappa shape index (κ1) is 19.3. The summed E-state index contributed by atoms with van der Waals surface area (Å²) in [5.74, 6) is 0.00803. The quantitative estimate of drug-likeness (QED) is 0.570. The summed E-state index contributed by atoms with van der Waals surface area (Å²) in [5, 5.41) is 11.6. The van der Waals surface area contributed by atoms with E-state index >= 15 is 0 Å². The number of hydrogen-bond donors (Lipinski definition) is 1. The van der Waals surface area contributed by atoms with Crippen LogP contribution in [0.4, 0.5) is 5.82 Å². The van der Waals surface area contributed by atoms with E-state index in [2.05, 4.69) is 15.5 Å². The smallest absolute Gasteiger partial charge is 0.280 e. The lowest BCUT2D eigenvalue weighted by molar-refractivity contribution is 0.102. The van der Waals surface area contributed by atoms with Crippen molar-refractivity contribution in [2.75, 3.05) is 5.32 Å². The average molecular weight is 399 g/mol. The Morgan fingerprint density at radius 2 is 1.47 bits per heavy atom. The molecule has 0 radical (unpaired) electrons. The number of benzene rings is 2.